The lowest BCUT2D eigenvalue weighted by Gasteiger charge is -2.28. The van der Waals surface area contributed by atoms with Crippen molar-refractivity contribution in [1.29, 1.82) is 0 Å². The number of esters is 1. The van der Waals surface area contributed by atoms with Gasteiger partial charge < -0.3 is 9.15 Å². The van der Waals surface area contributed by atoms with Gasteiger partial charge in [0.05, 0.1) is 4.88 Å². The number of anilines is 1. The summed E-state index contributed by atoms with van der Waals surface area (Å²) in [4.78, 5) is 35.6. The Morgan fingerprint density at radius 3 is 2.78 bits per heavy atom. The Bertz CT molecular complexity index is 1340. The average molecular weight is 538 g/mol. The van der Waals surface area contributed by atoms with E-state index in [1.54, 1.807) is 4.90 Å². The molecule has 1 aromatic carbocycles. The van der Waals surface area contributed by atoms with Crippen LogP contribution in [0.1, 0.15) is 49.7 Å². The lowest BCUT2D eigenvalue weighted by Crippen LogP contribution is -2.42. The number of carbonyl (C=O) groups excluding carboxylic acids is 2. The predicted octanol–water partition coefficient (Wildman–Crippen LogP) is 6.46. The third-order valence-electron chi connectivity index (χ3n) is 6.25. The van der Waals surface area contributed by atoms with Crippen LogP contribution in [-0.4, -0.2) is 53.0 Å². The van der Waals surface area contributed by atoms with Crippen molar-refractivity contribution in [1.82, 2.24) is 9.88 Å². The monoisotopic (exact) mass is 537 g/mol. The summed E-state index contributed by atoms with van der Waals surface area (Å²) >= 11 is 2.86. The highest BCUT2D eigenvalue weighted by molar-refractivity contribution is 7.14. The van der Waals surface area contributed by atoms with Crippen LogP contribution in [0.15, 0.2) is 57.6 Å². The van der Waals surface area contributed by atoms with Gasteiger partial charge in [0.2, 0.25) is 0 Å². The first kappa shape index (κ1) is 25.6. The molecular weight excluding hydrogens is 506 g/mol. The maximum atomic E-state index is 13.4. The summed E-state index contributed by atoms with van der Waals surface area (Å²) < 4.78 is 11.6. The van der Waals surface area contributed by atoms with Crippen LogP contribution in [0.4, 0.5) is 5.13 Å². The van der Waals surface area contributed by atoms with Crippen LogP contribution in [0.25, 0.3) is 22.4 Å². The van der Waals surface area contributed by atoms with Crippen molar-refractivity contribution in [2.24, 2.45) is 0 Å². The minimum Gasteiger partial charge on any atom is -0.459 e. The fraction of sp³-hybridized carbons (Fsp3) is 0.393. The van der Waals surface area contributed by atoms with Crippen molar-refractivity contribution < 1.29 is 18.7 Å². The number of thiophene rings is 1. The number of fused-ring (bicyclic) bond motifs is 1. The van der Waals surface area contributed by atoms with E-state index in [0.29, 0.717) is 34.6 Å². The molecule has 194 valence electrons. The highest BCUT2D eigenvalue weighted by Gasteiger charge is 2.34. The Morgan fingerprint density at radius 2 is 2.03 bits per heavy atom. The number of hydrogen-bond donors (Lipinski definition) is 0. The minimum atomic E-state index is -0.502. The Morgan fingerprint density at radius 1 is 1.19 bits per heavy atom. The van der Waals surface area contributed by atoms with E-state index in [1.165, 1.54) is 22.7 Å². The van der Waals surface area contributed by atoms with Gasteiger partial charge in [0, 0.05) is 23.9 Å². The van der Waals surface area contributed by atoms with E-state index < -0.39 is 5.60 Å². The van der Waals surface area contributed by atoms with Crippen LogP contribution in [0.3, 0.4) is 0 Å². The number of amides is 1. The summed E-state index contributed by atoms with van der Waals surface area (Å²) in [6.07, 6.45) is 2.49. The van der Waals surface area contributed by atoms with Gasteiger partial charge in [0.25, 0.3) is 5.91 Å². The summed E-state index contributed by atoms with van der Waals surface area (Å²) in [7, 11) is 0. The summed E-state index contributed by atoms with van der Waals surface area (Å²) in [6.45, 7) is 7.75. The van der Waals surface area contributed by atoms with Crippen LogP contribution >= 0.6 is 22.7 Å². The molecule has 1 saturated heterocycles. The van der Waals surface area contributed by atoms with E-state index in [4.69, 9.17) is 14.1 Å². The second-order valence-corrected chi connectivity index (χ2v) is 12.0. The van der Waals surface area contributed by atoms with Gasteiger partial charge in [-0.25, -0.2) is 4.98 Å². The summed E-state index contributed by atoms with van der Waals surface area (Å²) in [5, 5.41) is 5.49. The SMILES string of the molecule is CC(C)(C)OC(=O)[C@@H]1CCCN1CCCN(C(=O)c1cccs1)c1nc(-c2cc3ccccc3o2)cs1. The molecule has 0 spiro atoms. The van der Waals surface area contributed by atoms with Gasteiger partial charge in [-0.3, -0.25) is 19.4 Å². The molecule has 1 aliphatic rings. The first-order chi connectivity index (χ1) is 17.8. The van der Waals surface area contributed by atoms with Gasteiger partial charge in [-0.05, 0) is 70.2 Å². The number of aromatic nitrogens is 1. The first-order valence-electron chi connectivity index (χ1n) is 12.6. The normalized spacial score (nSPS) is 16.4. The highest BCUT2D eigenvalue weighted by atomic mass is 32.1. The third-order valence-corrected chi connectivity index (χ3v) is 7.97. The smallest absolute Gasteiger partial charge is 0.323 e. The molecule has 1 amide bonds. The zero-order chi connectivity index (χ0) is 26.0. The fourth-order valence-electron chi connectivity index (χ4n) is 4.59. The van der Waals surface area contributed by atoms with Crippen molar-refractivity contribution in [3.63, 3.8) is 0 Å². The Hall–Kier alpha value is -3.01. The quantitative estimate of drug-likeness (QED) is 0.240. The van der Waals surface area contributed by atoms with E-state index in [1.807, 2.05) is 74.0 Å². The third kappa shape index (κ3) is 5.95. The molecule has 0 unspecified atom stereocenters. The summed E-state index contributed by atoms with van der Waals surface area (Å²) in [5.74, 6) is 0.460. The lowest BCUT2D eigenvalue weighted by atomic mass is 10.1. The van der Waals surface area contributed by atoms with Crippen LogP contribution in [0.5, 0.6) is 0 Å². The molecule has 0 bridgehead atoms. The first-order valence-corrected chi connectivity index (χ1v) is 14.3. The summed E-state index contributed by atoms with van der Waals surface area (Å²) in [5.41, 5.74) is 1.02. The zero-order valence-corrected chi connectivity index (χ0v) is 22.9. The van der Waals surface area contributed by atoms with E-state index >= 15 is 0 Å². The van der Waals surface area contributed by atoms with E-state index in [0.717, 1.165) is 36.8 Å². The number of likely N-dealkylation sites (tertiary alicyclic amines) is 1. The number of ether oxygens (including phenoxy) is 1. The molecule has 1 fully saturated rings. The van der Waals surface area contributed by atoms with Gasteiger partial charge in [0.15, 0.2) is 10.9 Å². The lowest BCUT2D eigenvalue weighted by molar-refractivity contribution is -0.160. The molecule has 3 aromatic heterocycles. The standard InChI is InChI=1S/C28H31N3O4S2/c1-28(2,3)35-26(33)21-10-6-13-30(21)14-8-15-31(25(32)24-12-7-16-36-24)27-29-20(18-37-27)23-17-19-9-4-5-11-22(19)34-23/h4-5,7,9,11-12,16-18,21H,6,8,10,13-15H2,1-3H3/t21-/m0/s1. The molecule has 1 atom stereocenters. The van der Waals surface area contributed by atoms with Crippen LogP contribution in [0, 0.1) is 0 Å². The van der Waals surface area contributed by atoms with E-state index in [2.05, 4.69) is 4.90 Å². The average Bonchev–Trinajstić information content (AvgIpc) is 3.66. The molecule has 4 heterocycles. The molecule has 0 saturated carbocycles. The number of furan rings is 1. The number of rotatable bonds is 8. The predicted molar refractivity (Wildman–Crippen MR) is 148 cm³/mol. The molecule has 0 radical (unpaired) electrons. The number of thiazole rings is 1. The Labute approximate surface area is 224 Å². The van der Waals surface area contributed by atoms with Gasteiger partial charge in [-0.15, -0.1) is 22.7 Å². The van der Waals surface area contributed by atoms with Crippen molar-refractivity contribution in [3.05, 3.63) is 58.1 Å². The fourth-order valence-corrected chi connectivity index (χ4v) is 6.10. The molecular formula is C28H31N3O4S2. The molecule has 4 aromatic rings. The molecule has 37 heavy (non-hydrogen) atoms. The minimum absolute atomic E-state index is 0.0642. The number of benzene rings is 1. The second kappa shape index (κ2) is 10.8. The van der Waals surface area contributed by atoms with Gasteiger partial charge >= 0.3 is 5.97 Å². The number of hydrogen-bond acceptors (Lipinski definition) is 8. The van der Waals surface area contributed by atoms with E-state index in [9.17, 15) is 9.59 Å². The molecule has 0 N–H and O–H groups in total. The van der Waals surface area contributed by atoms with Crippen LogP contribution in [-0.2, 0) is 9.53 Å². The number of nitrogens with zero attached hydrogens (tertiary/aromatic N) is 3. The maximum absolute atomic E-state index is 13.4. The highest BCUT2D eigenvalue weighted by Crippen LogP contribution is 2.32. The molecule has 5 rings (SSSR count). The topological polar surface area (TPSA) is 75.9 Å². The van der Waals surface area contributed by atoms with Crippen molar-refractivity contribution in [2.75, 3.05) is 24.5 Å². The second-order valence-electron chi connectivity index (χ2n) is 10.2. The molecule has 0 aliphatic carbocycles. The van der Waals surface area contributed by atoms with Gasteiger partial charge in [0.1, 0.15) is 22.9 Å². The van der Waals surface area contributed by atoms with Crippen LogP contribution < -0.4 is 4.90 Å². The molecule has 7 nitrogen and oxygen atoms in total. The van der Waals surface area contributed by atoms with E-state index in [-0.39, 0.29) is 17.9 Å². The molecule has 1 aliphatic heterocycles. The van der Waals surface area contributed by atoms with Crippen molar-refractivity contribution in [2.45, 2.75) is 51.7 Å². The Balaban J connectivity index is 1.31. The number of carbonyl (C=O) groups is 2. The van der Waals surface area contributed by atoms with Gasteiger partial charge in [-0.1, -0.05) is 24.3 Å². The largest absolute Gasteiger partial charge is 0.459 e. The van der Waals surface area contributed by atoms with Gasteiger partial charge in [-0.2, -0.15) is 0 Å². The van der Waals surface area contributed by atoms with Crippen molar-refractivity contribution in [3.8, 4) is 11.5 Å². The Kier molecular flexibility index (Phi) is 7.46. The maximum Gasteiger partial charge on any atom is 0.323 e. The van der Waals surface area contributed by atoms with Crippen molar-refractivity contribution >= 4 is 50.7 Å². The van der Waals surface area contributed by atoms with Crippen LogP contribution in [0.2, 0.25) is 0 Å². The number of para-hydroxylation sites is 1. The molecule has 9 heteroatoms. The summed E-state index contributed by atoms with van der Waals surface area (Å²) in [6, 6.07) is 13.3. The zero-order valence-electron chi connectivity index (χ0n) is 21.3.